The third-order valence-electron chi connectivity index (χ3n) is 3.32. The largest absolute Gasteiger partial charge is 0.393 e. The number of nitrogens with zero attached hydrogens (tertiary/aromatic N) is 1. The Hall–Kier alpha value is -0.120. The highest BCUT2D eigenvalue weighted by molar-refractivity contribution is 4.81. The van der Waals surface area contributed by atoms with Crippen LogP contribution in [0.25, 0.3) is 0 Å². The first-order chi connectivity index (χ1) is 6.42. The average Bonchev–Trinajstić information content (AvgIpc) is 2.08. The highest BCUT2D eigenvalue weighted by Crippen LogP contribution is 2.23. The normalized spacial score (nSPS) is 23.8. The van der Waals surface area contributed by atoms with Gasteiger partial charge < -0.3 is 15.1 Å². The molecule has 2 N–H and O–H groups in total. The maximum Gasteiger partial charge on any atom is 0.0575 e. The van der Waals surface area contributed by atoms with Crippen LogP contribution >= 0.6 is 0 Å². The smallest absolute Gasteiger partial charge is 0.0575 e. The number of hydrogen-bond donors (Lipinski definition) is 2. The van der Waals surface area contributed by atoms with Crippen LogP contribution in [0, 0.1) is 5.41 Å². The molecule has 3 nitrogen and oxygen atoms in total. The number of rotatable bonds is 3. The van der Waals surface area contributed by atoms with Gasteiger partial charge in [0.1, 0.15) is 0 Å². The van der Waals surface area contributed by atoms with Crippen LogP contribution in [0.3, 0.4) is 0 Å². The molecule has 0 bridgehead atoms. The molecular formula is C11H23NO2. The van der Waals surface area contributed by atoms with Crippen molar-refractivity contribution < 1.29 is 10.2 Å². The zero-order valence-electron chi connectivity index (χ0n) is 9.53. The predicted octanol–water partition coefficient (Wildman–Crippen LogP) is 0.850. The van der Waals surface area contributed by atoms with E-state index in [0.717, 1.165) is 32.5 Å². The molecule has 3 heteroatoms. The second kappa shape index (κ2) is 4.60. The van der Waals surface area contributed by atoms with Crippen molar-refractivity contribution in [1.29, 1.82) is 0 Å². The van der Waals surface area contributed by atoms with Gasteiger partial charge in [-0.25, -0.2) is 0 Å². The molecule has 0 aromatic heterocycles. The van der Waals surface area contributed by atoms with Gasteiger partial charge in [0, 0.05) is 25.0 Å². The highest BCUT2D eigenvalue weighted by Gasteiger charge is 2.28. The first-order valence-electron chi connectivity index (χ1n) is 5.50. The Morgan fingerprint density at radius 2 is 1.86 bits per heavy atom. The van der Waals surface area contributed by atoms with Gasteiger partial charge >= 0.3 is 0 Å². The van der Waals surface area contributed by atoms with Crippen LogP contribution in [0.1, 0.15) is 33.6 Å². The topological polar surface area (TPSA) is 43.7 Å². The lowest BCUT2D eigenvalue weighted by atomic mass is 9.86. The van der Waals surface area contributed by atoms with Crippen molar-refractivity contribution in [3.05, 3.63) is 0 Å². The summed E-state index contributed by atoms with van der Waals surface area (Å²) in [7, 11) is 0. The molecule has 0 aromatic rings. The molecule has 1 rings (SSSR count). The Labute approximate surface area is 86.7 Å². The molecule has 1 aliphatic rings. The third-order valence-corrected chi connectivity index (χ3v) is 3.32. The molecule has 0 radical (unpaired) electrons. The van der Waals surface area contributed by atoms with Gasteiger partial charge in [-0.05, 0) is 19.8 Å². The lowest BCUT2D eigenvalue weighted by molar-refractivity contribution is 0.0120. The van der Waals surface area contributed by atoms with Crippen molar-refractivity contribution >= 4 is 0 Å². The van der Waals surface area contributed by atoms with E-state index in [-0.39, 0.29) is 17.6 Å². The second-order valence-electron chi connectivity index (χ2n) is 5.17. The molecule has 0 amide bonds. The quantitative estimate of drug-likeness (QED) is 0.711. The molecule has 0 spiro atoms. The molecule has 0 saturated carbocycles. The van der Waals surface area contributed by atoms with E-state index in [2.05, 4.69) is 18.7 Å². The fraction of sp³-hybridized carbons (Fsp3) is 1.00. The van der Waals surface area contributed by atoms with Crippen LogP contribution in [0.4, 0.5) is 0 Å². The minimum absolute atomic E-state index is 0.0533. The van der Waals surface area contributed by atoms with E-state index in [1.807, 2.05) is 6.92 Å². The van der Waals surface area contributed by atoms with Crippen LogP contribution < -0.4 is 0 Å². The summed E-state index contributed by atoms with van der Waals surface area (Å²) < 4.78 is 0. The lowest BCUT2D eigenvalue weighted by Gasteiger charge is -2.37. The summed E-state index contributed by atoms with van der Waals surface area (Å²) in [4.78, 5) is 2.33. The molecule has 84 valence electrons. The number of hydrogen-bond acceptors (Lipinski definition) is 3. The van der Waals surface area contributed by atoms with Gasteiger partial charge in [0.15, 0.2) is 0 Å². The van der Waals surface area contributed by atoms with Crippen molar-refractivity contribution in [1.82, 2.24) is 4.90 Å². The minimum Gasteiger partial charge on any atom is -0.393 e. The Morgan fingerprint density at radius 1 is 1.36 bits per heavy atom. The van der Waals surface area contributed by atoms with Gasteiger partial charge in [-0.3, -0.25) is 0 Å². The molecular weight excluding hydrogens is 178 g/mol. The first kappa shape index (κ1) is 12.0. The van der Waals surface area contributed by atoms with Crippen molar-refractivity contribution in [2.45, 2.75) is 45.8 Å². The van der Waals surface area contributed by atoms with E-state index in [9.17, 15) is 10.2 Å². The molecule has 1 aliphatic heterocycles. The van der Waals surface area contributed by atoms with Crippen LogP contribution in [0.5, 0.6) is 0 Å². The number of aliphatic hydroxyl groups excluding tert-OH is 2. The lowest BCUT2D eigenvalue weighted by Crippen LogP contribution is -2.44. The van der Waals surface area contributed by atoms with Crippen LogP contribution in [0.15, 0.2) is 0 Å². The maximum atomic E-state index is 9.59. The second-order valence-corrected chi connectivity index (χ2v) is 5.17. The molecule has 1 heterocycles. The van der Waals surface area contributed by atoms with Gasteiger partial charge in [0.05, 0.1) is 12.2 Å². The summed E-state index contributed by atoms with van der Waals surface area (Å²) in [6.07, 6.45) is 1.35. The molecule has 0 aliphatic carbocycles. The third kappa shape index (κ3) is 3.23. The summed E-state index contributed by atoms with van der Waals surface area (Å²) >= 11 is 0. The SMILES string of the molecule is CC(O)C(C)(C)CN1CCC(O)CC1. The first-order valence-corrected chi connectivity index (χ1v) is 5.50. The van der Waals surface area contributed by atoms with Crippen molar-refractivity contribution in [2.24, 2.45) is 5.41 Å². The molecule has 0 aromatic carbocycles. The number of likely N-dealkylation sites (tertiary alicyclic amines) is 1. The van der Waals surface area contributed by atoms with Gasteiger partial charge in [-0.15, -0.1) is 0 Å². The number of aliphatic hydroxyl groups is 2. The summed E-state index contributed by atoms with van der Waals surface area (Å²) in [6.45, 7) is 8.84. The zero-order valence-corrected chi connectivity index (χ0v) is 9.53. The fourth-order valence-corrected chi connectivity index (χ4v) is 1.79. The maximum absolute atomic E-state index is 9.59. The van der Waals surface area contributed by atoms with E-state index in [1.54, 1.807) is 0 Å². The average molecular weight is 201 g/mol. The van der Waals surface area contributed by atoms with Gasteiger partial charge in [0.25, 0.3) is 0 Å². The standard InChI is InChI=1S/C11H23NO2/c1-9(13)11(2,3)8-12-6-4-10(14)5-7-12/h9-10,13-14H,4-8H2,1-3H3. The van der Waals surface area contributed by atoms with Gasteiger partial charge in [-0.2, -0.15) is 0 Å². The Bertz CT molecular complexity index is 172. The molecule has 1 atom stereocenters. The van der Waals surface area contributed by atoms with E-state index in [0.29, 0.717) is 0 Å². The molecule has 14 heavy (non-hydrogen) atoms. The van der Waals surface area contributed by atoms with Crippen LogP contribution in [-0.4, -0.2) is 47.0 Å². The highest BCUT2D eigenvalue weighted by atomic mass is 16.3. The van der Waals surface area contributed by atoms with Crippen LogP contribution in [0.2, 0.25) is 0 Å². The summed E-state index contributed by atoms with van der Waals surface area (Å²) in [5.74, 6) is 0. The molecule has 1 fully saturated rings. The van der Waals surface area contributed by atoms with Crippen molar-refractivity contribution in [3.8, 4) is 0 Å². The van der Waals surface area contributed by atoms with E-state index >= 15 is 0 Å². The minimum atomic E-state index is -0.283. The van der Waals surface area contributed by atoms with Gasteiger partial charge in [0.2, 0.25) is 0 Å². The Balaban J connectivity index is 2.37. The summed E-state index contributed by atoms with van der Waals surface area (Å²) in [5, 5.41) is 18.9. The van der Waals surface area contributed by atoms with Crippen molar-refractivity contribution in [3.63, 3.8) is 0 Å². The predicted molar refractivity (Wildman–Crippen MR) is 57.1 cm³/mol. The number of piperidine rings is 1. The Morgan fingerprint density at radius 3 is 2.29 bits per heavy atom. The Kier molecular flexibility index (Phi) is 3.93. The van der Waals surface area contributed by atoms with Crippen molar-refractivity contribution in [2.75, 3.05) is 19.6 Å². The summed E-state index contributed by atoms with van der Waals surface area (Å²) in [6, 6.07) is 0. The monoisotopic (exact) mass is 201 g/mol. The fourth-order valence-electron chi connectivity index (χ4n) is 1.79. The molecule has 1 unspecified atom stereocenters. The van der Waals surface area contributed by atoms with Gasteiger partial charge in [-0.1, -0.05) is 13.8 Å². The summed E-state index contributed by atoms with van der Waals surface area (Å²) in [5.41, 5.74) is -0.0533. The van der Waals surface area contributed by atoms with E-state index in [4.69, 9.17) is 0 Å². The van der Waals surface area contributed by atoms with E-state index < -0.39 is 0 Å². The van der Waals surface area contributed by atoms with Crippen LogP contribution in [-0.2, 0) is 0 Å². The van der Waals surface area contributed by atoms with E-state index in [1.165, 1.54) is 0 Å². The molecule has 1 saturated heterocycles. The zero-order chi connectivity index (χ0) is 10.8.